The van der Waals surface area contributed by atoms with E-state index in [1.54, 1.807) is 0 Å². The molecule has 1 amide bonds. The molecule has 3 heteroatoms. The molecule has 0 spiro atoms. The van der Waals surface area contributed by atoms with Crippen molar-refractivity contribution in [1.29, 1.82) is 0 Å². The van der Waals surface area contributed by atoms with E-state index in [1.807, 2.05) is 0 Å². The van der Waals surface area contributed by atoms with Gasteiger partial charge in [0.2, 0.25) is 5.91 Å². The van der Waals surface area contributed by atoms with Crippen molar-refractivity contribution in [1.82, 2.24) is 10.6 Å². The normalized spacial score (nSPS) is 31.9. The van der Waals surface area contributed by atoms with E-state index in [0.29, 0.717) is 12.0 Å². The van der Waals surface area contributed by atoms with E-state index in [9.17, 15) is 4.79 Å². The molecule has 1 saturated heterocycles. The fourth-order valence-corrected chi connectivity index (χ4v) is 3.32. The third-order valence-corrected chi connectivity index (χ3v) is 4.88. The third kappa shape index (κ3) is 3.25. The lowest BCUT2D eigenvalue weighted by atomic mass is 9.87. The predicted octanol–water partition coefficient (Wildman–Crippen LogP) is 2.46. The molecule has 0 aromatic carbocycles. The Hall–Kier alpha value is -0.570. The Morgan fingerprint density at radius 3 is 2.50 bits per heavy atom. The number of carbonyl (C=O) groups excluding carboxylic acids is 1. The van der Waals surface area contributed by atoms with Crippen molar-refractivity contribution in [2.24, 2.45) is 11.3 Å². The lowest BCUT2D eigenvalue weighted by Crippen LogP contribution is -2.46. The van der Waals surface area contributed by atoms with Gasteiger partial charge >= 0.3 is 0 Å². The summed E-state index contributed by atoms with van der Waals surface area (Å²) in [7, 11) is 0. The molecular weight excluding hydrogens is 224 g/mol. The molecule has 2 rings (SSSR count). The molecule has 2 aliphatic rings. The van der Waals surface area contributed by atoms with Crippen LogP contribution in [-0.2, 0) is 4.79 Å². The van der Waals surface area contributed by atoms with Crippen LogP contribution < -0.4 is 10.6 Å². The second-order valence-electron chi connectivity index (χ2n) is 6.50. The van der Waals surface area contributed by atoms with E-state index >= 15 is 0 Å². The molecule has 0 bridgehead atoms. The van der Waals surface area contributed by atoms with E-state index in [0.717, 1.165) is 19.5 Å². The molecule has 104 valence electrons. The van der Waals surface area contributed by atoms with Crippen LogP contribution in [-0.4, -0.2) is 25.0 Å². The first-order valence-corrected chi connectivity index (χ1v) is 7.63. The predicted molar refractivity (Wildman–Crippen MR) is 74.4 cm³/mol. The second-order valence-corrected chi connectivity index (χ2v) is 6.50. The van der Waals surface area contributed by atoms with Gasteiger partial charge in [0.1, 0.15) is 0 Å². The summed E-state index contributed by atoms with van der Waals surface area (Å²) >= 11 is 0. The van der Waals surface area contributed by atoms with Crippen LogP contribution in [0.3, 0.4) is 0 Å². The molecule has 1 aliphatic heterocycles. The van der Waals surface area contributed by atoms with Gasteiger partial charge in [-0.1, -0.05) is 25.7 Å². The van der Waals surface area contributed by atoms with Crippen LogP contribution in [0.25, 0.3) is 0 Å². The van der Waals surface area contributed by atoms with Gasteiger partial charge in [0.25, 0.3) is 0 Å². The molecule has 2 fully saturated rings. The standard InChI is InChI=1S/C15H28N2O/c1-12(13-7-5-3-4-6-8-13)17-14(18)15(2)9-10-16-11-15/h12-13,16H,3-11H2,1-2H3,(H,17,18)/t12-,15?/m1/s1. The summed E-state index contributed by atoms with van der Waals surface area (Å²) in [5.41, 5.74) is -0.182. The molecule has 1 heterocycles. The monoisotopic (exact) mass is 252 g/mol. The maximum atomic E-state index is 12.4. The topological polar surface area (TPSA) is 41.1 Å². The fraction of sp³-hybridized carbons (Fsp3) is 0.933. The van der Waals surface area contributed by atoms with Gasteiger partial charge in [0.05, 0.1) is 5.41 Å². The molecule has 1 unspecified atom stereocenters. The minimum Gasteiger partial charge on any atom is -0.353 e. The van der Waals surface area contributed by atoms with E-state index < -0.39 is 0 Å². The zero-order valence-electron chi connectivity index (χ0n) is 11.9. The van der Waals surface area contributed by atoms with E-state index in [2.05, 4.69) is 24.5 Å². The largest absolute Gasteiger partial charge is 0.353 e. The Labute approximate surface area is 111 Å². The van der Waals surface area contributed by atoms with Crippen LogP contribution >= 0.6 is 0 Å². The van der Waals surface area contributed by atoms with Gasteiger partial charge in [-0.15, -0.1) is 0 Å². The van der Waals surface area contributed by atoms with Crippen molar-refractivity contribution in [2.45, 2.75) is 64.8 Å². The maximum absolute atomic E-state index is 12.4. The number of carbonyl (C=O) groups is 1. The molecule has 2 atom stereocenters. The summed E-state index contributed by atoms with van der Waals surface area (Å²) in [5.74, 6) is 0.943. The first-order chi connectivity index (χ1) is 8.62. The van der Waals surface area contributed by atoms with Crippen LogP contribution in [0.15, 0.2) is 0 Å². The van der Waals surface area contributed by atoms with Crippen molar-refractivity contribution < 1.29 is 4.79 Å². The van der Waals surface area contributed by atoms with Crippen LogP contribution in [0.2, 0.25) is 0 Å². The van der Waals surface area contributed by atoms with Crippen LogP contribution in [0.5, 0.6) is 0 Å². The van der Waals surface area contributed by atoms with E-state index in [1.165, 1.54) is 38.5 Å². The summed E-state index contributed by atoms with van der Waals surface area (Å²) in [6.45, 7) is 6.08. The molecule has 3 nitrogen and oxygen atoms in total. The minimum absolute atomic E-state index is 0.182. The van der Waals surface area contributed by atoms with Crippen LogP contribution in [0.1, 0.15) is 58.8 Å². The molecule has 0 aromatic rings. The zero-order chi connectivity index (χ0) is 13.0. The highest BCUT2D eigenvalue weighted by molar-refractivity contribution is 5.83. The average molecular weight is 252 g/mol. The number of nitrogens with one attached hydrogen (secondary N) is 2. The average Bonchev–Trinajstić information content (AvgIpc) is 2.65. The van der Waals surface area contributed by atoms with Crippen molar-refractivity contribution in [3.8, 4) is 0 Å². The Morgan fingerprint density at radius 2 is 1.94 bits per heavy atom. The molecule has 0 radical (unpaired) electrons. The highest BCUT2D eigenvalue weighted by Gasteiger charge is 2.37. The van der Waals surface area contributed by atoms with Crippen molar-refractivity contribution >= 4 is 5.91 Å². The van der Waals surface area contributed by atoms with Crippen molar-refractivity contribution in [2.75, 3.05) is 13.1 Å². The minimum atomic E-state index is -0.182. The molecule has 2 N–H and O–H groups in total. The van der Waals surface area contributed by atoms with E-state index in [4.69, 9.17) is 0 Å². The van der Waals surface area contributed by atoms with Gasteiger partial charge < -0.3 is 10.6 Å². The molecule has 0 aromatic heterocycles. The molecule has 1 aliphatic carbocycles. The Kier molecular flexibility index (Phi) is 4.66. The summed E-state index contributed by atoms with van der Waals surface area (Å²) in [6.07, 6.45) is 8.97. The highest BCUT2D eigenvalue weighted by Crippen LogP contribution is 2.28. The molecule has 1 saturated carbocycles. The van der Waals surface area contributed by atoms with Gasteiger partial charge in [-0.3, -0.25) is 4.79 Å². The maximum Gasteiger partial charge on any atom is 0.227 e. The summed E-state index contributed by atoms with van der Waals surface area (Å²) in [4.78, 5) is 12.4. The zero-order valence-corrected chi connectivity index (χ0v) is 11.9. The van der Waals surface area contributed by atoms with Gasteiger partial charge in [-0.25, -0.2) is 0 Å². The quantitative estimate of drug-likeness (QED) is 0.758. The fourth-order valence-electron chi connectivity index (χ4n) is 3.32. The molecule has 18 heavy (non-hydrogen) atoms. The van der Waals surface area contributed by atoms with Gasteiger partial charge in [0, 0.05) is 12.6 Å². The first-order valence-electron chi connectivity index (χ1n) is 7.63. The Bertz CT molecular complexity index is 276. The highest BCUT2D eigenvalue weighted by atomic mass is 16.2. The summed E-state index contributed by atoms with van der Waals surface area (Å²) in [6, 6.07) is 0.341. The lowest BCUT2D eigenvalue weighted by molar-refractivity contribution is -0.130. The summed E-state index contributed by atoms with van der Waals surface area (Å²) in [5, 5.41) is 6.58. The Balaban J connectivity index is 1.85. The molecular formula is C15H28N2O. The second kappa shape index (κ2) is 6.05. The van der Waals surface area contributed by atoms with Crippen molar-refractivity contribution in [3.63, 3.8) is 0 Å². The number of rotatable bonds is 3. The van der Waals surface area contributed by atoms with Gasteiger partial charge in [0.15, 0.2) is 0 Å². The Morgan fingerprint density at radius 1 is 1.28 bits per heavy atom. The SMILES string of the molecule is C[C@@H](NC(=O)C1(C)CCNC1)C1CCCCCC1. The van der Waals surface area contributed by atoms with Crippen LogP contribution in [0.4, 0.5) is 0 Å². The third-order valence-electron chi connectivity index (χ3n) is 4.88. The summed E-state index contributed by atoms with van der Waals surface area (Å²) < 4.78 is 0. The number of amides is 1. The lowest BCUT2D eigenvalue weighted by Gasteiger charge is -2.28. The van der Waals surface area contributed by atoms with Crippen molar-refractivity contribution in [3.05, 3.63) is 0 Å². The van der Waals surface area contributed by atoms with Crippen LogP contribution in [0, 0.1) is 11.3 Å². The van der Waals surface area contributed by atoms with E-state index in [-0.39, 0.29) is 11.3 Å². The smallest absolute Gasteiger partial charge is 0.227 e. The first kappa shape index (κ1) is 13.9. The number of hydrogen-bond acceptors (Lipinski definition) is 2. The number of hydrogen-bond donors (Lipinski definition) is 2. The van der Waals surface area contributed by atoms with Gasteiger partial charge in [-0.2, -0.15) is 0 Å². The van der Waals surface area contributed by atoms with Gasteiger partial charge in [-0.05, 0) is 45.6 Å².